The number of nitrogens with one attached hydrogen (secondary N) is 2. The highest BCUT2D eigenvalue weighted by Gasteiger charge is 2.22. The summed E-state index contributed by atoms with van der Waals surface area (Å²) in [5.41, 5.74) is 0. The van der Waals surface area contributed by atoms with Gasteiger partial charge in [0.25, 0.3) is 6.43 Å². The van der Waals surface area contributed by atoms with Gasteiger partial charge in [-0.3, -0.25) is 4.79 Å². The highest BCUT2D eigenvalue weighted by molar-refractivity contribution is 5.76. The van der Waals surface area contributed by atoms with E-state index in [1.54, 1.807) is 0 Å². The van der Waals surface area contributed by atoms with Crippen molar-refractivity contribution in [1.82, 2.24) is 10.6 Å². The lowest BCUT2D eigenvalue weighted by Gasteiger charge is -2.10. The topological polar surface area (TPSA) is 61.4 Å². The maximum absolute atomic E-state index is 11.8. The van der Waals surface area contributed by atoms with Crippen LogP contribution in [0.3, 0.4) is 0 Å². The number of carbonyl (C=O) groups excluding carboxylic acids is 1. The van der Waals surface area contributed by atoms with Crippen LogP contribution in [0.1, 0.15) is 19.3 Å². The summed E-state index contributed by atoms with van der Waals surface area (Å²) in [5.74, 6) is -0.0727. The summed E-state index contributed by atoms with van der Waals surface area (Å²) in [4.78, 5) is 11.1. The molecule has 88 valence electrons. The van der Waals surface area contributed by atoms with Crippen molar-refractivity contribution in [2.45, 2.75) is 37.8 Å². The van der Waals surface area contributed by atoms with Gasteiger partial charge < -0.3 is 15.7 Å². The zero-order valence-corrected chi connectivity index (χ0v) is 8.38. The molecule has 1 unspecified atom stereocenters. The summed E-state index contributed by atoms with van der Waals surface area (Å²) < 4.78 is 23.7. The summed E-state index contributed by atoms with van der Waals surface area (Å²) in [6.07, 6.45) is -2.08. The molecule has 15 heavy (non-hydrogen) atoms. The van der Waals surface area contributed by atoms with Gasteiger partial charge in [0.15, 0.2) is 0 Å². The second-order valence-corrected chi connectivity index (χ2v) is 3.70. The molecular formula is C9H16F2N2O2. The molecule has 0 radical (unpaired) electrons. The minimum atomic E-state index is -2.74. The van der Waals surface area contributed by atoms with Gasteiger partial charge in [0, 0.05) is 25.6 Å². The largest absolute Gasteiger partial charge is 0.386 e. The second-order valence-electron chi connectivity index (χ2n) is 3.70. The average Bonchev–Trinajstić information content (AvgIpc) is 2.95. The van der Waals surface area contributed by atoms with Gasteiger partial charge in [-0.1, -0.05) is 0 Å². The highest BCUT2D eigenvalue weighted by Crippen LogP contribution is 2.18. The average molecular weight is 222 g/mol. The van der Waals surface area contributed by atoms with Gasteiger partial charge in [-0.25, -0.2) is 8.78 Å². The van der Waals surface area contributed by atoms with Crippen LogP contribution in [-0.2, 0) is 4.79 Å². The highest BCUT2D eigenvalue weighted by atomic mass is 19.3. The first-order chi connectivity index (χ1) is 7.09. The molecule has 0 aromatic rings. The molecule has 0 aliphatic heterocycles. The Labute approximate surface area is 87.0 Å². The first kappa shape index (κ1) is 12.3. The number of rotatable bonds is 7. The van der Waals surface area contributed by atoms with Gasteiger partial charge in [-0.15, -0.1) is 0 Å². The molecule has 0 bridgehead atoms. The third kappa shape index (κ3) is 5.64. The Bertz CT molecular complexity index is 210. The minimum absolute atomic E-state index is 0.0727. The van der Waals surface area contributed by atoms with Gasteiger partial charge in [0.2, 0.25) is 5.91 Å². The smallest absolute Gasteiger partial charge is 0.265 e. The zero-order chi connectivity index (χ0) is 11.3. The van der Waals surface area contributed by atoms with E-state index in [9.17, 15) is 13.6 Å². The number of aliphatic hydroxyl groups is 1. The van der Waals surface area contributed by atoms with Crippen LogP contribution in [0.25, 0.3) is 0 Å². The molecule has 1 aliphatic carbocycles. The van der Waals surface area contributed by atoms with Crippen molar-refractivity contribution in [2.75, 3.05) is 13.1 Å². The minimum Gasteiger partial charge on any atom is -0.386 e. The Morgan fingerprint density at radius 2 is 2.13 bits per heavy atom. The zero-order valence-electron chi connectivity index (χ0n) is 8.38. The van der Waals surface area contributed by atoms with Crippen LogP contribution in [0.2, 0.25) is 0 Å². The number of hydrogen-bond donors (Lipinski definition) is 3. The van der Waals surface area contributed by atoms with Crippen LogP contribution in [0.5, 0.6) is 0 Å². The third-order valence-electron chi connectivity index (χ3n) is 2.12. The van der Waals surface area contributed by atoms with Crippen molar-refractivity contribution >= 4 is 5.91 Å². The normalized spacial score (nSPS) is 17.9. The predicted octanol–water partition coefficient (Wildman–Crippen LogP) is -0.129. The molecule has 0 aromatic carbocycles. The van der Waals surface area contributed by atoms with E-state index in [-0.39, 0.29) is 18.9 Å². The molecular weight excluding hydrogens is 206 g/mol. The van der Waals surface area contributed by atoms with E-state index in [0.29, 0.717) is 12.6 Å². The first-order valence-corrected chi connectivity index (χ1v) is 5.06. The quantitative estimate of drug-likeness (QED) is 0.526. The van der Waals surface area contributed by atoms with Crippen LogP contribution in [0.4, 0.5) is 8.78 Å². The van der Waals surface area contributed by atoms with E-state index in [2.05, 4.69) is 10.6 Å². The molecule has 0 aromatic heterocycles. The molecule has 1 aliphatic rings. The van der Waals surface area contributed by atoms with Gasteiger partial charge in [0.05, 0.1) is 0 Å². The van der Waals surface area contributed by atoms with E-state index in [1.165, 1.54) is 0 Å². The fourth-order valence-electron chi connectivity index (χ4n) is 1.07. The summed E-state index contributed by atoms with van der Waals surface area (Å²) in [6, 6.07) is 0.323. The van der Waals surface area contributed by atoms with Crippen LogP contribution in [0.15, 0.2) is 0 Å². The predicted molar refractivity (Wildman–Crippen MR) is 50.7 cm³/mol. The second kappa shape index (κ2) is 5.97. The SMILES string of the molecule is O=C(CCNCC(O)C(F)F)NC1CC1. The summed E-state index contributed by atoms with van der Waals surface area (Å²) in [5, 5.41) is 14.1. The molecule has 1 amide bonds. The molecule has 1 fully saturated rings. The summed E-state index contributed by atoms with van der Waals surface area (Å²) in [6.45, 7) is 0.122. The Kier molecular flexibility index (Phi) is 4.90. The molecule has 1 saturated carbocycles. The summed E-state index contributed by atoms with van der Waals surface area (Å²) in [7, 11) is 0. The number of alkyl halides is 2. The molecule has 6 heteroatoms. The Morgan fingerprint density at radius 3 is 2.67 bits per heavy atom. The molecule has 0 saturated heterocycles. The van der Waals surface area contributed by atoms with Gasteiger partial charge in [0.1, 0.15) is 6.10 Å². The van der Waals surface area contributed by atoms with Gasteiger partial charge >= 0.3 is 0 Å². The monoisotopic (exact) mass is 222 g/mol. The fraction of sp³-hybridized carbons (Fsp3) is 0.889. The number of carbonyl (C=O) groups is 1. The molecule has 1 rings (SSSR count). The molecule has 4 nitrogen and oxygen atoms in total. The maximum Gasteiger partial charge on any atom is 0.265 e. The number of amides is 1. The number of halogens is 2. The molecule has 1 atom stereocenters. The van der Waals surface area contributed by atoms with E-state index in [1.807, 2.05) is 0 Å². The Balaban J connectivity index is 1.93. The Hall–Kier alpha value is -0.750. The lowest BCUT2D eigenvalue weighted by Crippen LogP contribution is -2.35. The fourth-order valence-corrected chi connectivity index (χ4v) is 1.07. The molecule has 0 spiro atoms. The molecule has 3 N–H and O–H groups in total. The number of hydrogen-bond acceptors (Lipinski definition) is 3. The van der Waals surface area contributed by atoms with E-state index in [4.69, 9.17) is 5.11 Å². The van der Waals surface area contributed by atoms with Crippen LogP contribution < -0.4 is 10.6 Å². The van der Waals surface area contributed by atoms with Gasteiger partial charge in [-0.2, -0.15) is 0 Å². The van der Waals surface area contributed by atoms with Crippen molar-refractivity contribution in [2.24, 2.45) is 0 Å². The van der Waals surface area contributed by atoms with E-state index >= 15 is 0 Å². The van der Waals surface area contributed by atoms with Crippen LogP contribution >= 0.6 is 0 Å². The van der Waals surface area contributed by atoms with Crippen molar-refractivity contribution in [3.8, 4) is 0 Å². The number of aliphatic hydroxyl groups excluding tert-OH is 1. The van der Waals surface area contributed by atoms with Crippen molar-refractivity contribution in [3.05, 3.63) is 0 Å². The van der Waals surface area contributed by atoms with Crippen molar-refractivity contribution < 1.29 is 18.7 Å². The van der Waals surface area contributed by atoms with E-state index < -0.39 is 12.5 Å². The lowest BCUT2D eigenvalue weighted by atomic mass is 10.3. The first-order valence-electron chi connectivity index (χ1n) is 5.06. The lowest BCUT2D eigenvalue weighted by molar-refractivity contribution is -0.121. The van der Waals surface area contributed by atoms with Gasteiger partial charge in [-0.05, 0) is 12.8 Å². The van der Waals surface area contributed by atoms with Crippen LogP contribution in [-0.4, -0.2) is 42.7 Å². The third-order valence-corrected chi connectivity index (χ3v) is 2.12. The van der Waals surface area contributed by atoms with Crippen molar-refractivity contribution in [3.63, 3.8) is 0 Å². The van der Waals surface area contributed by atoms with Crippen molar-refractivity contribution in [1.29, 1.82) is 0 Å². The Morgan fingerprint density at radius 1 is 1.47 bits per heavy atom. The van der Waals surface area contributed by atoms with E-state index in [0.717, 1.165) is 12.8 Å². The maximum atomic E-state index is 11.8. The molecule has 0 heterocycles. The van der Waals surface area contributed by atoms with Crippen LogP contribution in [0, 0.1) is 0 Å². The standard InChI is InChI=1S/C9H16F2N2O2/c10-9(11)7(14)5-12-4-3-8(15)13-6-1-2-6/h6-7,9,12,14H,1-5H2,(H,13,15). The summed E-state index contributed by atoms with van der Waals surface area (Å²) >= 11 is 0.